The number of hydrogen-bond donors (Lipinski definition) is 0. The Hall–Kier alpha value is -0.640. The summed E-state index contributed by atoms with van der Waals surface area (Å²) in [5.74, 6) is 0. The molecule has 0 fully saturated rings. The van der Waals surface area contributed by atoms with E-state index in [1.807, 2.05) is 13.8 Å². The highest BCUT2D eigenvalue weighted by Crippen LogP contribution is 2.20. The zero-order chi connectivity index (χ0) is 9.84. The molecular formula is C9H15N3S. The van der Waals surface area contributed by atoms with Gasteiger partial charge in [-0.1, -0.05) is 25.6 Å². The Kier molecular flexibility index (Phi) is 3.66. The molecule has 1 rings (SSSR count). The first-order valence-electron chi connectivity index (χ1n) is 4.48. The summed E-state index contributed by atoms with van der Waals surface area (Å²) >= 11 is 1.68. The Labute approximate surface area is 83.4 Å². The molecular weight excluding hydrogens is 182 g/mol. The van der Waals surface area contributed by atoms with Crippen molar-refractivity contribution < 1.29 is 0 Å². The van der Waals surface area contributed by atoms with Crippen molar-refractivity contribution >= 4 is 11.8 Å². The lowest BCUT2D eigenvalue weighted by molar-refractivity contribution is 0.781. The van der Waals surface area contributed by atoms with Crippen LogP contribution in [0.25, 0.3) is 0 Å². The van der Waals surface area contributed by atoms with E-state index in [2.05, 4.69) is 29.0 Å². The maximum atomic E-state index is 4.35. The van der Waals surface area contributed by atoms with Crippen LogP contribution in [-0.4, -0.2) is 20.4 Å². The van der Waals surface area contributed by atoms with E-state index in [1.165, 1.54) is 0 Å². The molecule has 1 aromatic rings. The van der Waals surface area contributed by atoms with Crippen LogP contribution in [0.15, 0.2) is 5.16 Å². The van der Waals surface area contributed by atoms with E-state index >= 15 is 0 Å². The summed E-state index contributed by atoms with van der Waals surface area (Å²) < 4.78 is 0. The van der Waals surface area contributed by atoms with Crippen molar-refractivity contribution in [1.29, 1.82) is 0 Å². The molecule has 0 aliphatic heterocycles. The molecule has 0 spiro atoms. The van der Waals surface area contributed by atoms with Crippen LogP contribution < -0.4 is 0 Å². The van der Waals surface area contributed by atoms with Gasteiger partial charge in [0.1, 0.15) is 0 Å². The van der Waals surface area contributed by atoms with Gasteiger partial charge in [0.15, 0.2) is 0 Å². The van der Waals surface area contributed by atoms with Crippen molar-refractivity contribution in [2.75, 3.05) is 0 Å². The van der Waals surface area contributed by atoms with Gasteiger partial charge in [0.25, 0.3) is 0 Å². The van der Waals surface area contributed by atoms with Gasteiger partial charge < -0.3 is 0 Å². The number of thioether (sulfide) groups is 1. The SMILES string of the molecule is CCC(C)Sc1nnc(C)c(C)n1. The summed E-state index contributed by atoms with van der Waals surface area (Å²) in [5.41, 5.74) is 1.88. The summed E-state index contributed by atoms with van der Waals surface area (Å²) in [5, 5.41) is 9.41. The van der Waals surface area contributed by atoms with Crippen molar-refractivity contribution in [3.8, 4) is 0 Å². The Balaban J connectivity index is 2.73. The van der Waals surface area contributed by atoms with Gasteiger partial charge in [0.2, 0.25) is 5.16 Å². The second kappa shape index (κ2) is 4.56. The molecule has 0 saturated carbocycles. The summed E-state index contributed by atoms with van der Waals surface area (Å²) in [7, 11) is 0. The summed E-state index contributed by atoms with van der Waals surface area (Å²) in [6.45, 7) is 8.22. The molecule has 0 aromatic carbocycles. The predicted octanol–water partition coefficient (Wildman–Crippen LogP) is 2.38. The highest BCUT2D eigenvalue weighted by atomic mass is 32.2. The third-order valence-corrected chi connectivity index (χ3v) is 3.07. The average molecular weight is 197 g/mol. The molecule has 4 heteroatoms. The van der Waals surface area contributed by atoms with Gasteiger partial charge in [-0.25, -0.2) is 4.98 Å². The van der Waals surface area contributed by atoms with Crippen LogP contribution in [0.4, 0.5) is 0 Å². The fourth-order valence-corrected chi connectivity index (χ4v) is 1.55. The van der Waals surface area contributed by atoms with Crippen LogP contribution in [0, 0.1) is 13.8 Å². The second-order valence-corrected chi connectivity index (χ2v) is 4.51. The van der Waals surface area contributed by atoms with Gasteiger partial charge in [0.05, 0.1) is 11.4 Å². The minimum absolute atomic E-state index is 0.559. The molecule has 1 aromatic heterocycles. The lowest BCUT2D eigenvalue weighted by Gasteiger charge is -2.06. The minimum Gasteiger partial charge on any atom is -0.225 e. The molecule has 0 N–H and O–H groups in total. The van der Waals surface area contributed by atoms with Gasteiger partial charge in [-0.15, -0.1) is 5.10 Å². The molecule has 0 radical (unpaired) electrons. The van der Waals surface area contributed by atoms with Crippen molar-refractivity contribution in [3.05, 3.63) is 11.4 Å². The standard InChI is InChI=1S/C9H15N3S/c1-5-6(2)13-9-10-7(3)8(4)11-12-9/h6H,5H2,1-4H3. The first-order valence-corrected chi connectivity index (χ1v) is 5.36. The van der Waals surface area contributed by atoms with Crippen LogP contribution >= 0.6 is 11.8 Å². The normalized spacial score (nSPS) is 12.9. The summed E-state index contributed by atoms with van der Waals surface area (Å²) in [6.07, 6.45) is 1.13. The highest BCUT2D eigenvalue weighted by molar-refractivity contribution is 7.99. The molecule has 13 heavy (non-hydrogen) atoms. The first kappa shape index (κ1) is 10.4. The monoisotopic (exact) mass is 197 g/mol. The summed E-state index contributed by atoms with van der Waals surface area (Å²) in [6, 6.07) is 0. The fraction of sp³-hybridized carbons (Fsp3) is 0.667. The second-order valence-electron chi connectivity index (χ2n) is 3.10. The zero-order valence-corrected chi connectivity index (χ0v) is 9.35. The van der Waals surface area contributed by atoms with Crippen LogP contribution in [0.5, 0.6) is 0 Å². The Morgan fingerprint density at radius 1 is 1.23 bits per heavy atom. The summed E-state index contributed by atoms with van der Waals surface area (Å²) in [4.78, 5) is 4.35. The van der Waals surface area contributed by atoms with E-state index in [1.54, 1.807) is 11.8 Å². The number of nitrogens with zero attached hydrogens (tertiary/aromatic N) is 3. The first-order chi connectivity index (χ1) is 6.13. The van der Waals surface area contributed by atoms with E-state index in [4.69, 9.17) is 0 Å². The molecule has 1 unspecified atom stereocenters. The average Bonchev–Trinajstić information content (AvgIpc) is 2.11. The molecule has 3 nitrogen and oxygen atoms in total. The quantitative estimate of drug-likeness (QED) is 0.697. The van der Waals surface area contributed by atoms with Crippen LogP contribution in [0.3, 0.4) is 0 Å². The zero-order valence-electron chi connectivity index (χ0n) is 8.53. The Morgan fingerprint density at radius 3 is 2.46 bits per heavy atom. The number of aryl methyl sites for hydroxylation is 2. The van der Waals surface area contributed by atoms with Crippen molar-refractivity contribution in [2.45, 2.75) is 44.5 Å². The smallest absolute Gasteiger partial charge is 0.209 e. The fourth-order valence-electron chi connectivity index (χ4n) is 0.750. The molecule has 1 heterocycles. The van der Waals surface area contributed by atoms with E-state index in [-0.39, 0.29) is 0 Å². The van der Waals surface area contributed by atoms with Crippen molar-refractivity contribution in [1.82, 2.24) is 15.2 Å². The highest BCUT2D eigenvalue weighted by Gasteiger charge is 2.06. The number of rotatable bonds is 3. The lowest BCUT2D eigenvalue weighted by atomic mass is 10.4. The third-order valence-electron chi connectivity index (χ3n) is 1.95. The lowest BCUT2D eigenvalue weighted by Crippen LogP contribution is -2.01. The molecule has 0 amide bonds. The Bertz CT molecular complexity index is 288. The van der Waals surface area contributed by atoms with Gasteiger partial charge in [-0.3, -0.25) is 0 Å². The maximum Gasteiger partial charge on any atom is 0.209 e. The van der Waals surface area contributed by atoms with Crippen LogP contribution in [-0.2, 0) is 0 Å². The van der Waals surface area contributed by atoms with E-state index in [9.17, 15) is 0 Å². The molecule has 72 valence electrons. The third kappa shape index (κ3) is 2.95. The van der Waals surface area contributed by atoms with Crippen LogP contribution in [0.1, 0.15) is 31.7 Å². The van der Waals surface area contributed by atoms with Gasteiger partial charge >= 0.3 is 0 Å². The van der Waals surface area contributed by atoms with Crippen molar-refractivity contribution in [2.24, 2.45) is 0 Å². The van der Waals surface area contributed by atoms with E-state index in [0.717, 1.165) is 23.0 Å². The number of aromatic nitrogens is 3. The Morgan fingerprint density at radius 2 is 1.92 bits per heavy atom. The number of hydrogen-bond acceptors (Lipinski definition) is 4. The molecule has 1 atom stereocenters. The minimum atomic E-state index is 0.559. The topological polar surface area (TPSA) is 38.7 Å². The molecule has 0 bridgehead atoms. The largest absolute Gasteiger partial charge is 0.225 e. The predicted molar refractivity (Wildman–Crippen MR) is 54.9 cm³/mol. The van der Waals surface area contributed by atoms with Gasteiger partial charge in [-0.05, 0) is 20.3 Å². The molecule has 0 aliphatic rings. The van der Waals surface area contributed by atoms with Crippen LogP contribution in [0.2, 0.25) is 0 Å². The van der Waals surface area contributed by atoms with Gasteiger partial charge in [-0.2, -0.15) is 5.10 Å². The molecule has 0 aliphatic carbocycles. The van der Waals surface area contributed by atoms with E-state index < -0.39 is 0 Å². The van der Waals surface area contributed by atoms with E-state index in [0.29, 0.717) is 5.25 Å². The molecule has 0 saturated heterocycles. The maximum absolute atomic E-state index is 4.35. The van der Waals surface area contributed by atoms with Gasteiger partial charge in [0, 0.05) is 5.25 Å². The van der Waals surface area contributed by atoms with Crippen molar-refractivity contribution in [3.63, 3.8) is 0 Å².